The van der Waals surface area contributed by atoms with Crippen LogP contribution in [0.3, 0.4) is 0 Å². The fourth-order valence-electron chi connectivity index (χ4n) is 3.61. The molecule has 2 heterocycles. The van der Waals surface area contributed by atoms with Crippen LogP contribution in [-0.4, -0.2) is 34.4 Å². The molecule has 0 unspecified atom stereocenters. The molecule has 37 heavy (non-hydrogen) atoms. The highest BCUT2D eigenvalue weighted by Crippen LogP contribution is 2.36. The van der Waals surface area contributed by atoms with Crippen LogP contribution in [0.5, 0.6) is 17.2 Å². The number of fused-ring (bicyclic) bond motifs is 1. The largest absolute Gasteiger partial charge is 0.484 e. The summed E-state index contributed by atoms with van der Waals surface area (Å²) in [6, 6.07) is 17.6. The van der Waals surface area contributed by atoms with Crippen molar-refractivity contribution in [2.75, 3.05) is 18.7 Å². The number of amides is 2. The van der Waals surface area contributed by atoms with Crippen LogP contribution in [0.1, 0.15) is 11.1 Å². The predicted octanol–water partition coefficient (Wildman–Crippen LogP) is 6.14. The van der Waals surface area contributed by atoms with Gasteiger partial charge in [0.1, 0.15) is 10.1 Å². The Hall–Kier alpha value is -3.24. The Kier molecular flexibility index (Phi) is 7.57. The number of thioether (sulfide) groups is 1. The highest BCUT2D eigenvalue weighted by atomic mass is 35.5. The number of carbonyl (C=O) groups excluding carboxylic acids is 2. The van der Waals surface area contributed by atoms with Gasteiger partial charge in [0, 0.05) is 0 Å². The van der Waals surface area contributed by atoms with E-state index in [-0.39, 0.29) is 30.2 Å². The second kappa shape index (κ2) is 11.0. The zero-order chi connectivity index (χ0) is 25.9. The normalized spacial score (nSPS) is 15.4. The molecule has 1 N–H and O–H groups in total. The maximum Gasteiger partial charge on any atom is 0.266 e. The first-order chi connectivity index (χ1) is 17.9. The molecule has 2 aliphatic heterocycles. The summed E-state index contributed by atoms with van der Waals surface area (Å²) in [5.74, 6) is 1.31. The van der Waals surface area contributed by atoms with Gasteiger partial charge in [0.25, 0.3) is 11.8 Å². The number of ether oxygens (including phenoxy) is 3. The Balaban J connectivity index is 1.18. The highest BCUT2D eigenvalue weighted by molar-refractivity contribution is 8.26. The summed E-state index contributed by atoms with van der Waals surface area (Å²) in [6.07, 6.45) is 1.77. The van der Waals surface area contributed by atoms with Gasteiger partial charge in [0.15, 0.2) is 18.1 Å². The Morgan fingerprint density at radius 1 is 1.11 bits per heavy atom. The van der Waals surface area contributed by atoms with Crippen LogP contribution >= 0.6 is 47.2 Å². The molecular formula is C26H18Cl2N2O5S2. The molecule has 3 aromatic carbocycles. The molecule has 11 heteroatoms. The Labute approximate surface area is 232 Å². The number of carbonyl (C=O) groups is 2. The van der Waals surface area contributed by atoms with Crippen LogP contribution in [0.4, 0.5) is 5.69 Å². The van der Waals surface area contributed by atoms with Crippen molar-refractivity contribution in [3.05, 3.63) is 86.7 Å². The van der Waals surface area contributed by atoms with Gasteiger partial charge in [-0.15, -0.1) is 0 Å². The standard InChI is InChI=1S/C26H18Cl2N2O5S2/c27-18-2-1-3-19(24(18)28)29-23(31)13-33-17-7-4-15(5-8-17)11-22-25(32)30(26(36)37-22)12-16-6-9-20-21(10-16)35-14-34-20/h1-11H,12-14H2,(H,29,31)/b22-11-. The van der Waals surface area contributed by atoms with Gasteiger partial charge in [-0.2, -0.15) is 0 Å². The van der Waals surface area contributed by atoms with E-state index in [2.05, 4.69) is 5.32 Å². The first-order valence-corrected chi connectivity index (χ1v) is 13.0. The lowest BCUT2D eigenvalue weighted by Crippen LogP contribution is -2.27. The number of nitrogens with zero attached hydrogens (tertiary/aromatic N) is 1. The molecule has 0 atom stereocenters. The minimum absolute atomic E-state index is 0.163. The molecule has 2 amide bonds. The van der Waals surface area contributed by atoms with Crippen LogP contribution in [-0.2, 0) is 16.1 Å². The van der Waals surface area contributed by atoms with Crippen molar-refractivity contribution < 1.29 is 23.8 Å². The van der Waals surface area contributed by atoms with Gasteiger partial charge in [-0.25, -0.2) is 0 Å². The van der Waals surface area contributed by atoms with E-state index in [1.54, 1.807) is 53.4 Å². The lowest BCUT2D eigenvalue weighted by Gasteiger charge is -2.14. The van der Waals surface area contributed by atoms with Crippen molar-refractivity contribution in [2.45, 2.75) is 6.54 Å². The van der Waals surface area contributed by atoms with Gasteiger partial charge < -0.3 is 19.5 Å². The molecule has 0 aliphatic carbocycles. The minimum Gasteiger partial charge on any atom is -0.484 e. The molecule has 3 aromatic rings. The molecular weight excluding hydrogens is 555 g/mol. The van der Waals surface area contributed by atoms with E-state index in [0.29, 0.717) is 43.7 Å². The number of hydrogen-bond donors (Lipinski definition) is 1. The number of nitrogens with one attached hydrogen (secondary N) is 1. The molecule has 2 aliphatic rings. The lowest BCUT2D eigenvalue weighted by molar-refractivity contribution is -0.122. The van der Waals surface area contributed by atoms with Crippen LogP contribution in [0.2, 0.25) is 10.0 Å². The third-order valence-electron chi connectivity index (χ3n) is 5.42. The number of rotatable bonds is 7. The summed E-state index contributed by atoms with van der Waals surface area (Å²) >= 11 is 18.8. The van der Waals surface area contributed by atoms with Crippen molar-refractivity contribution in [3.8, 4) is 17.2 Å². The quantitative estimate of drug-likeness (QED) is 0.269. The maximum atomic E-state index is 13.0. The highest BCUT2D eigenvalue weighted by Gasteiger charge is 2.32. The van der Waals surface area contributed by atoms with Crippen molar-refractivity contribution in [2.24, 2.45) is 0 Å². The topological polar surface area (TPSA) is 77.1 Å². The lowest BCUT2D eigenvalue weighted by atomic mass is 10.2. The summed E-state index contributed by atoms with van der Waals surface area (Å²) in [4.78, 5) is 27.3. The van der Waals surface area contributed by atoms with E-state index in [4.69, 9.17) is 49.6 Å². The second-order valence-electron chi connectivity index (χ2n) is 7.96. The number of anilines is 1. The summed E-state index contributed by atoms with van der Waals surface area (Å²) in [7, 11) is 0. The Morgan fingerprint density at radius 2 is 1.89 bits per heavy atom. The summed E-state index contributed by atoms with van der Waals surface area (Å²) in [5.41, 5.74) is 2.10. The Bertz CT molecular complexity index is 1430. The summed E-state index contributed by atoms with van der Waals surface area (Å²) < 4.78 is 16.8. The number of benzene rings is 3. The van der Waals surface area contributed by atoms with Crippen LogP contribution in [0, 0.1) is 0 Å². The minimum atomic E-state index is -0.376. The molecule has 0 saturated carbocycles. The molecule has 1 fully saturated rings. The first kappa shape index (κ1) is 25.4. The smallest absolute Gasteiger partial charge is 0.266 e. The van der Waals surface area contributed by atoms with E-state index in [0.717, 1.165) is 11.1 Å². The SMILES string of the molecule is O=C(COc1ccc(/C=C2\SC(=S)N(Cc3ccc4c(c3)OCO4)C2=O)cc1)Nc1cccc(Cl)c1Cl. The third kappa shape index (κ3) is 5.86. The van der Waals surface area contributed by atoms with Crippen LogP contribution < -0.4 is 19.5 Å². The van der Waals surface area contributed by atoms with Crippen LogP contribution in [0.15, 0.2) is 65.6 Å². The molecule has 0 radical (unpaired) electrons. The molecule has 0 spiro atoms. The molecule has 5 rings (SSSR count). The Morgan fingerprint density at radius 3 is 2.70 bits per heavy atom. The zero-order valence-electron chi connectivity index (χ0n) is 19.0. The van der Waals surface area contributed by atoms with Gasteiger partial charge in [-0.3, -0.25) is 14.5 Å². The van der Waals surface area contributed by atoms with Gasteiger partial charge in [0.05, 0.1) is 27.2 Å². The summed E-state index contributed by atoms with van der Waals surface area (Å²) in [5, 5.41) is 3.28. The van der Waals surface area contributed by atoms with Crippen molar-refractivity contribution >= 4 is 75.1 Å². The molecule has 188 valence electrons. The summed E-state index contributed by atoms with van der Waals surface area (Å²) in [6.45, 7) is 0.325. The van der Waals surface area contributed by atoms with Gasteiger partial charge >= 0.3 is 0 Å². The average Bonchev–Trinajstić information content (AvgIpc) is 3.46. The van der Waals surface area contributed by atoms with Gasteiger partial charge in [0.2, 0.25) is 6.79 Å². The number of halogens is 2. The molecule has 1 saturated heterocycles. The van der Waals surface area contributed by atoms with Gasteiger partial charge in [-0.1, -0.05) is 71.4 Å². The first-order valence-electron chi connectivity index (χ1n) is 11.0. The van der Waals surface area contributed by atoms with Crippen molar-refractivity contribution in [1.29, 1.82) is 0 Å². The van der Waals surface area contributed by atoms with E-state index in [9.17, 15) is 9.59 Å². The molecule has 0 bridgehead atoms. The van der Waals surface area contributed by atoms with Crippen LogP contribution in [0.25, 0.3) is 6.08 Å². The van der Waals surface area contributed by atoms with Crippen molar-refractivity contribution in [1.82, 2.24) is 4.90 Å². The number of hydrogen-bond acceptors (Lipinski definition) is 7. The average molecular weight is 573 g/mol. The van der Waals surface area contributed by atoms with Crippen molar-refractivity contribution in [3.63, 3.8) is 0 Å². The zero-order valence-corrected chi connectivity index (χ0v) is 22.2. The monoisotopic (exact) mass is 572 g/mol. The second-order valence-corrected chi connectivity index (χ2v) is 10.4. The predicted molar refractivity (Wildman–Crippen MR) is 148 cm³/mol. The fraction of sp³-hybridized carbons (Fsp3) is 0.115. The molecule has 7 nitrogen and oxygen atoms in total. The van der Waals surface area contributed by atoms with E-state index in [1.807, 2.05) is 18.2 Å². The van der Waals surface area contributed by atoms with E-state index >= 15 is 0 Å². The molecule has 0 aromatic heterocycles. The fourth-order valence-corrected chi connectivity index (χ4v) is 5.21. The number of thiocarbonyl (C=S) groups is 1. The van der Waals surface area contributed by atoms with E-state index in [1.165, 1.54) is 11.8 Å². The maximum absolute atomic E-state index is 13.0. The van der Waals surface area contributed by atoms with Gasteiger partial charge in [-0.05, 0) is 53.6 Å². The van der Waals surface area contributed by atoms with E-state index < -0.39 is 0 Å². The third-order valence-corrected chi connectivity index (χ3v) is 7.62.